The molecule has 0 aromatic heterocycles. The van der Waals surface area contributed by atoms with Gasteiger partial charge in [0, 0.05) is 0 Å². The Hall–Kier alpha value is -1.47. The predicted octanol–water partition coefficient (Wildman–Crippen LogP) is 3.84. The van der Waals surface area contributed by atoms with Crippen molar-refractivity contribution in [1.82, 2.24) is 0 Å². The number of rotatable bonds is 3. The number of anilines is 1. The van der Waals surface area contributed by atoms with Gasteiger partial charge in [-0.25, -0.2) is 17.2 Å². The Balaban J connectivity index is 2.43. The van der Waals surface area contributed by atoms with Crippen LogP contribution in [-0.2, 0) is 10.0 Å². The molecule has 0 saturated heterocycles. The van der Waals surface area contributed by atoms with Gasteiger partial charge < -0.3 is 0 Å². The summed E-state index contributed by atoms with van der Waals surface area (Å²) in [6.45, 7) is 1.57. The molecule has 2 aromatic carbocycles. The van der Waals surface area contributed by atoms with Gasteiger partial charge in [-0.3, -0.25) is 4.72 Å². The third kappa shape index (κ3) is 2.99. The number of hydrogen-bond acceptors (Lipinski definition) is 2. The summed E-state index contributed by atoms with van der Waals surface area (Å²) in [5.41, 5.74) is 0.294. The van der Waals surface area contributed by atoms with Gasteiger partial charge in [0.2, 0.25) is 0 Å². The SMILES string of the molecule is Cc1cccc(F)c1NS(=O)(=O)c1ccc(Br)c(F)c1. The smallest absolute Gasteiger partial charge is 0.262 e. The molecule has 1 N–H and O–H groups in total. The minimum absolute atomic E-state index is 0.143. The lowest BCUT2D eigenvalue weighted by atomic mass is 10.2. The summed E-state index contributed by atoms with van der Waals surface area (Å²) < 4.78 is 53.5. The number of nitrogens with one attached hydrogen (secondary N) is 1. The van der Waals surface area contributed by atoms with Crippen molar-refractivity contribution in [3.63, 3.8) is 0 Å². The van der Waals surface area contributed by atoms with Crippen LogP contribution in [0.4, 0.5) is 14.5 Å². The summed E-state index contributed by atoms with van der Waals surface area (Å²) in [4.78, 5) is -0.277. The van der Waals surface area contributed by atoms with Crippen molar-refractivity contribution < 1.29 is 17.2 Å². The standard InChI is InChI=1S/C13H10BrF2NO2S/c1-8-3-2-4-11(15)13(8)17-20(18,19)9-5-6-10(14)12(16)7-9/h2-7,17H,1H3. The molecule has 0 saturated carbocycles. The molecule has 0 unspecified atom stereocenters. The first-order valence-corrected chi connectivity index (χ1v) is 7.82. The summed E-state index contributed by atoms with van der Waals surface area (Å²) in [5, 5.41) is 0. The second-order valence-electron chi connectivity index (χ2n) is 4.11. The third-order valence-electron chi connectivity index (χ3n) is 2.66. The van der Waals surface area contributed by atoms with Crippen LogP contribution in [0.5, 0.6) is 0 Å². The largest absolute Gasteiger partial charge is 0.276 e. The molecule has 0 aliphatic carbocycles. The van der Waals surface area contributed by atoms with Crippen molar-refractivity contribution in [2.75, 3.05) is 4.72 Å². The molecule has 0 spiro atoms. The van der Waals surface area contributed by atoms with Gasteiger partial charge >= 0.3 is 0 Å². The first kappa shape index (κ1) is 14.9. The second kappa shape index (κ2) is 5.49. The topological polar surface area (TPSA) is 46.2 Å². The molecule has 0 heterocycles. The summed E-state index contributed by atoms with van der Waals surface area (Å²) in [5.74, 6) is -1.40. The summed E-state index contributed by atoms with van der Waals surface area (Å²) in [6, 6.07) is 7.56. The summed E-state index contributed by atoms with van der Waals surface area (Å²) in [7, 11) is -4.05. The highest BCUT2D eigenvalue weighted by Gasteiger charge is 2.18. The number of sulfonamides is 1. The molecule has 0 aliphatic heterocycles. The Morgan fingerprint density at radius 1 is 1.10 bits per heavy atom. The van der Waals surface area contributed by atoms with E-state index in [1.807, 2.05) is 0 Å². The lowest BCUT2D eigenvalue weighted by Gasteiger charge is -2.11. The zero-order valence-electron chi connectivity index (χ0n) is 10.3. The van der Waals surface area contributed by atoms with E-state index in [-0.39, 0.29) is 15.1 Å². The molecule has 2 aromatic rings. The van der Waals surface area contributed by atoms with Crippen LogP contribution in [0, 0.1) is 18.6 Å². The number of para-hydroxylation sites is 1. The maximum atomic E-state index is 13.6. The Bertz CT molecular complexity index is 743. The van der Waals surface area contributed by atoms with Crippen molar-refractivity contribution in [2.45, 2.75) is 11.8 Å². The molecule has 3 nitrogen and oxygen atoms in total. The van der Waals surface area contributed by atoms with Gasteiger partial charge in [0.05, 0.1) is 15.1 Å². The van der Waals surface area contributed by atoms with E-state index in [9.17, 15) is 17.2 Å². The van der Waals surface area contributed by atoms with E-state index in [1.165, 1.54) is 18.2 Å². The summed E-state index contributed by atoms with van der Waals surface area (Å²) >= 11 is 2.94. The molecule has 0 fully saturated rings. The van der Waals surface area contributed by atoms with Gasteiger partial charge in [0.25, 0.3) is 10.0 Å². The highest BCUT2D eigenvalue weighted by Crippen LogP contribution is 2.24. The molecule has 0 bridgehead atoms. The van der Waals surface area contributed by atoms with E-state index in [0.717, 1.165) is 12.1 Å². The minimum Gasteiger partial charge on any atom is -0.276 e. The highest BCUT2D eigenvalue weighted by molar-refractivity contribution is 9.10. The van der Waals surface area contributed by atoms with Gasteiger partial charge in [-0.1, -0.05) is 12.1 Å². The first-order valence-electron chi connectivity index (χ1n) is 5.54. The molecular formula is C13H10BrF2NO2S. The molecule has 0 aliphatic rings. The zero-order valence-corrected chi connectivity index (χ0v) is 12.7. The van der Waals surface area contributed by atoms with Gasteiger partial charge in [0.1, 0.15) is 11.6 Å². The van der Waals surface area contributed by atoms with E-state index < -0.39 is 21.7 Å². The Labute approximate surface area is 123 Å². The van der Waals surface area contributed by atoms with Crippen LogP contribution in [0.15, 0.2) is 45.8 Å². The van der Waals surface area contributed by atoms with Crippen LogP contribution in [0.2, 0.25) is 0 Å². The monoisotopic (exact) mass is 361 g/mol. The Morgan fingerprint density at radius 3 is 2.40 bits per heavy atom. The van der Waals surface area contributed by atoms with Crippen molar-refractivity contribution in [3.05, 3.63) is 58.1 Å². The quantitative estimate of drug-likeness (QED) is 0.902. The fourth-order valence-corrected chi connectivity index (χ4v) is 3.00. The van der Waals surface area contributed by atoms with E-state index in [2.05, 4.69) is 20.7 Å². The lowest BCUT2D eigenvalue weighted by molar-refractivity contribution is 0.592. The molecule has 2 rings (SSSR count). The summed E-state index contributed by atoms with van der Waals surface area (Å²) in [6.07, 6.45) is 0. The normalized spacial score (nSPS) is 11.4. The predicted molar refractivity (Wildman–Crippen MR) is 76.0 cm³/mol. The van der Waals surface area contributed by atoms with Gasteiger partial charge in [-0.15, -0.1) is 0 Å². The van der Waals surface area contributed by atoms with Crippen LogP contribution in [0.3, 0.4) is 0 Å². The minimum atomic E-state index is -4.05. The van der Waals surface area contributed by atoms with Crippen LogP contribution < -0.4 is 4.72 Å². The van der Waals surface area contributed by atoms with Gasteiger partial charge in [-0.05, 0) is 52.7 Å². The van der Waals surface area contributed by atoms with E-state index >= 15 is 0 Å². The van der Waals surface area contributed by atoms with E-state index in [4.69, 9.17) is 0 Å². The lowest BCUT2D eigenvalue weighted by Crippen LogP contribution is -2.15. The number of aryl methyl sites for hydroxylation is 1. The molecule has 0 atom stereocenters. The van der Waals surface area contributed by atoms with E-state index in [1.54, 1.807) is 13.0 Å². The molecule has 7 heteroatoms. The number of hydrogen-bond donors (Lipinski definition) is 1. The fraction of sp³-hybridized carbons (Fsp3) is 0.0769. The van der Waals surface area contributed by atoms with Crippen LogP contribution in [0.25, 0.3) is 0 Å². The molecule has 20 heavy (non-hydrogen) atoms. The molecule has 0 radical (unpaired) electrons. The van der Waals surface area contributed by atoms with E-state index in [0.29, 0.717) is 5.56 Å². The molecule has 0 amide bonds. The second-order valence-corrected chi connectivity index (χ2v) is 6.65. The fourth-order valence-electron chi connectivity index (χ4n) is 1.60. The zero-order chi connectivity index (χ0) is 14.9. The van der Waals surface area contributed by atoms with Gasteiger partial charge in [0.15, 0.2) is 0 Å². The maximum Gasteiger partial charge on any atom is 0.262 e. The Morgan fingerprint density at radius 2 is 1.80 bits per heavy atom. The molecular weight excluding hydrogens is 352 g/mol. The maximum absolute atomic E-state index is 13.6. The van der Waals surface area contributed by atoms with Gasteiger partial charge in [-0.2, -0.15) is 0 Å². The van der Waals surface area contributed by atoms with Crippen LogP contribution >= 0.6 is 15.9 Å². The number of benzene rings is 2. The molecule has 106 valence electrons. The highest BCUT2D eigenvalue weighted by atomic mass is 79.9. The van der Waals surface area contributed by atoms with Crippen molar-refractivity contribution in [1.29, 1.82) is 0 Å². The third-order valence-corrected chi connectivity index (χ3v) is 4.65. The first-order chi connectivity index (χ1) is 9.31. The average Bonchev–Trinajstić information content (AvgIpc) is 2.37. The van der Waals surface area contributed by atoms with Crippen LogP contribution in [0.1, 0.15) is 5.56 Å². The number of halogens is 3. The Kier molecular flexibility index (Phi) is 4.10. The van der Waals surface area contributed by atoms with Crippen molar-refractivity contribution in [2.24, 2.45) is 0 Å². The van der Waals surface area contributed by atoms with Crippen LogP contribution in [-0.4, -0.2) is 8.42 Å². The average molecular weight is 362 g/mol. The van der Waals surface area contributed by atoms with Crippen molar-refractivity contribution in [3.8, 4) is 0 Å². The van der Waals surface area contributed by atoms with Crippen molar-refractivity contribution >= 4 is 31.6 Å².